The summed E-state index contributed by atoms with van der Waals surface area (Å²) < 4.78 is 33.7. The number of non-ortho nitro benzene ring substituents is 1. The van der Waals surface area contributed by atoms with Crippen LogP contribution in [0.4, 0.5) is 17.5 Å². The molecule has 1 aliphatic carbocycles. The van der Waals surface area contributed by atoms with Crippen LogP contribution in [0.2, 0.25) is 0 Å². The van der Waals surface area contributed by atoms with Crippen molar-refractivity contribution in [1.82, 2.24) is 9.97 Å². The lowest BCUT2D eigenvalue weighted by Gasteiger charge is -2.37. The largest absolute Gasteiger partial charge is 0.372 e. The van der Waals surface area contributed by atoms with E-state index in [2.05, 4.69) is 38.2 Å². The van der Waals surface area contributed by atoms with Crippen molar-refractivity contribution in [2.45, 2.75) is 29.9 Å². The Balaban J connectivity index is 1.47. The molecule has 1 heterocycles. The normalized spacial score (nSPS) is 18.2. The number of aromatic nitrogens is 2. The van der Waals surface area contributed by atoms with Crippen LogP contribution in [0.5, 0.6) is 0 Å². The van der Waals surface area contributed by atoms with E-state index in [0.717, 1.165) is 35.4 Å². The van der Waals surface area contributed by atoms with Crippen molar-refractivity contribution < 1.29 is 18.1 Å². The highest BCUT2D eigenvalue weighted by Crippen LogP contribution is 2.32. The molecular formula is C25H25N5O5S. The van der Waals surface area contributed by atoms with Crippen molar-refractivity contribution in [3.63, 3.8) is 0 Å². The molecule has 0 fully saturated rings. The zero-order valence-electron chi connectivity index (χ0n) is 19.7. The van der Waals surface area contributed by atoms with Gasteiger partial charge in [-0.05, 0) is 42.3 Å². The first-order chi connectivity index (χ1) is 17.2. The highest BCUT2D eigenvalue weighted by molar-refractivity contribution is 7.92. The van der Waals surface area contributed by atoms with Gasteiger partial charge in [0.05, 0.1) is 15.9 Å². The van der Waals surface area contributed by atoms with Crippen molar-refractivity contribution in [3.8, 4) is 0 Å². The number of anilines is 2. The Morgan fingerprint density at radius 3 is 2.44 bits per heavy atom. The molecule has 36 heavy (non-hydrogen) atoms. The highest BCUT2D eigenvalue weighted by Gasteiger charge is 2.35. The fourth-order valence-corrected chi connectivity index (χ4v) is 4.88. The molecule has 11 heteroatoms. The Kier molecular flexibility index (Phi) is 7.13. The minimum absolute atomic E-state index is 0.0509. The van der Waals surface area contributed by atoms with E-state index in [9.17, 15) is 18.5 Å². The number of methoxy groups -OCH3 is 1. The van der Waals surface area contributed by atoms with Crippen LogP contribution in [0.3, 0.4) is 0 Å². The summed E-state index contributed by atoms with van der Waals surface area (Å²) in [7, 11) is -2.37. The molecule has 2 unspecified atom stereocenters. The summed E-state index contributed by atoms with van der Waals surface area (Å²) in [5.41, 5.74) is 1.37. The number of nitrogens with one attached hydrogen (secondary N) is 2. The smallest absolute Gasteiger partial charge is 0.269 e. The Morgan fingerprint density at radius 1 is 1.11 bits per heavy atom. The van der Waals surface area contributed by atoms with Gasteiger partial charge in [0, 0.05) is 31.9 Å². The van der Waals surface area contributed by atoms with Gasteiger partial charge in [-0.25, -0.2) is 13.4 Å². The summed E-state index contributed by atoms with van der Waals surface area (Å²) in [6.45, 7) is 1.94. The molecule has 0 aliphatic heterocycles. The number of benzene rings is 2. The van der Waals surface area contributed by atoms with E-state index < -0.39 is 20.5 Å². The monoisotopic (exact) mass is 507 g/mol. The van der Waals surface area contributed by atoms with Gasteiger partial charge < -0.3 is 10.1 Å². The third kappa shape index (κ3) is 5.42. The van der Waals surface area contributed by atoms with Crippen molar-refractivity contribution >= 4 is 33.0 Å². The summed E-state index contributed by atoms with van der Waals surface area (Å²) in [6.07, 6.45) is 8.20. The molecule has 2 N–H and O–H groups in total. The summed E-state index contributed by atoms with van der Waals surface area (Å²) in [4.78, 5) is 18.6. The molecule has 1 aromatic heterocycles. The second kappa shape index (κ2) is 10.3. The first-order valence-electron chi connectivity index (χ1n) is 11.1. The molecular weight excluding hydrogens is 482 g/mol. The molecule has 4 rings (SSSR count). The van der Waals surface area contributed by atoms with Crippen LogP contribution < -0.4 is 10.0 Å². The predicted molar refractivity (Wildman–Crippen MR) is 137 cm³/mol. The number of allylic oxidation sites excluding steroid dienone is 2. The second-order valence-corrected chi connectivity index (χ2v) is 9.89. The maximum atomic E-state index is 12.7. The van der Waals surface area contributed by atoms with Crippen LogP contribution in [0.15, 0.2) is 90.0 Å². The van der Waals surface area contributed by atoms with Crippen LogP contribution >= 0.6 is 0 Å². The molecule has 10 nitrogen and oxygen atoms in total. The number of hydrogen-bond acceptors (Lipinski definition) is 8. The molecule has 2 atom stereocenters. The molecule has 3 aromatic rings. The van der Waals surface area contributed by atoms with Gasteiger partial charge in [0.1, 0.15) is 11.4 Å². The maximum absolute atomic E-state index is 12.7. The van der Waals surface area contributed by atoms with E-state index in [0.29, 0.717) is 6.42 Å². The third-order valence-electron chi connectivity index (χ3n) is 6.00. The van der Waals surface area contributed by atoms with Crippen molar-refractivity contribution in [3.05, 3.63) is 101 Å². The number of rotatable bonds is 9. The molecule has 1 aliphatic rings. The number of nitro benzene ring substituents is 1. The minimum atomic E-state index is -4.01. The van der Waals surface area contributed by atoms with E-state index in [-0.39, 0.29) is 28.4 Å². The van der Waals surface area contributed by atoms with Gasteiger partial charge in [-0.2, -0.15) is 4.98 Å². The Labute approximate surface area is 209 Å². The Bertz CT molecular complexity index is 1410. The molecule has 0 amide bonds. The highest BCUT2D eigenvalue weighted by atomic mass is 32.2. The summed E-state index contributed by atoms with van der Waals surface area (Å²) in [6, 6.07) is 15.8. The topological polar surface area (TPSA) is 136 Å². The lowest BCUT2D eigenvalue weighted by Crippen LogP contribution is -2.46. The van der Waals surface area contributed by atoms with Crippen LogP contribution in [0, 0.1) is 10.1 Å². The van der Waals surface area contributed by atoms with Crippen LogP contribution in [-0.2, 0) is 14.8 Å². The SMILES string of the molecule is COC1(C(C)Nc2nccc(NS(=O)(=O)c3ccc([N+](=O)[O-])cc3)n2)C=CC(c2ccccc2)=CC1. The second-order valence-electron chi connectivity index (χ2n) is 8.21. The van der Waals surface area contributed by atoms with E-state index in [4.69, 9.17) is 4.74 Å². The van der Waals surface area contributed by atoms with Gasteiger partial charge in [-0.1, -0.05) is 42.5 Å². The van der Waals surface area contributed by atoms with E-state index >= 15 is 0 Å². The van der Waals surface area contributed by atoms with Gasteiger partial charge in [-0.15, -0.1) is 0 Å². The van der Waals surface area contributed by atoms with Crippen molar-refractivity contribution in [2.24, 2.45) is 0 Å². The number of sulfonamides is 1. The maximum Gasteiger partial charge on any atom is 0.269 e. The number of nitrogens with zero attached hydrogens (tertiary/aromatic N) is 3. The Morgan fingerprint density at radius 2 is 1.83 bits per heavy atom. The molecule has 0 spiro atoms. The number of hydrogen-bond donors (Lipinski definition) is 2. The average molecular weight is 508 g/mol. The van der Waals surface area contributed by atoms with Gasteiger partial charge in [0.15, 0.2) is 0 Å². The van der Waals surface area contributed by atoms with Gasteiger partial charge in [-0.3, -0.25) is 14.8 Å². The zero-order chi connectivity index (χ0) is 25.8. The van der Waals surface area contributed by atoms with Gasteiger partial charge in [0.2, 0.25) is 5.95 Å². The summed E-state index contributed by atoms with van der Waals surface area (Å²) in [5.74, 6) is 0.268. The fourth-order valence-electron chi connectivity index (χ4n) is 3.87. The molecule has 186 valence electrons. The molecule has 0 saturated carbocycles. The number of nitro groups is 1. The minimum Gasteiger partial charge on any atom is -0.372 e. The zero-order valence-corrected chi connectivity index (χ0v) is 20.5. The predicted octanol–water partition coefficient (Wildman–Crippen LogP) is 4.41. The first-order valence-corrected chi connectivity index (χ1v) is 12.6. The van der Waals surface area contributed by atoms with Crippen LogP contribution in [0.25, 0.3) is 5.57 Å². The van der Waals surface area contributed by atoms with Crippen molar-refractivity contribution in [2.75, 3.05) is 17.1 Å². The standard InChI is InChI=1S/C25H25N5O5S/c1-18(25(35-2)15-12-20(13-16-25)19-6-4-3-5-7-19)27-24-26-17-14-23(28-24)29-36(33,34)22-10-8-21(9-11-22)30(31)32/h3-15,17-18H,16H2,1-2H3,(H2,26,27,28,29). The fraction of sp³-hybridized carbons (Fsp3) is 0.200. The van der Waals surface area contributed by atoms with Crippen molar-refractivity contribution in [1.29, 1.82) is 0 Å². The summed E-state index contributed by atoms with van der Waals surface area (Å²) in [5, 5.41) is 14.0. The van der Waals surface area contributed by atoms with Gasteiger partial charge >= 0.3 is 0 Å². The first kappa shape index (κ1) is 25.0. The lowest BCUT2D eigenvalue weighted by molar-refractivity contribution is -0.384. The molecule has 0 bridgehead atoms. The lowest BCUT2D eigenvalue weighted by atomic mass is 9.84. The van der Waals surface area contributed by atoms with Crippen LogP contribution in [-0.4, -0.2) is 42.1 Å². The molecule has 0 radical (unpaired) electrons. The molecule has 0 saturated heterocycles. The molecule has 2 aromatic carbocycles. The quantitative estimate of drug-likeness (QED) is 0.321. The summed E-state index contributed by atoms with van der Waals surface area (Å²) >= 11 is 0. The van der Waals surface area contributed by atoms with Gasteiger partial charge in [0.25, 0.3) is 15.7 Å². The third-order valence-corrected chi connectivity index (χ3v) is 7.37. The Hall–Kier alpha value is -4.09. The van der Waals surface area contributed by atoms with E-state index in [1.54, 1.807) is 7.11 Å². The van der Waals surface area contributed by atoms with Crippen LogP contribution in [0.1, 0.15) is 18.9 Å². The van der Waals surface area contributed by atoms with E-state index in [1.165, 1.54) is 12.3 Å². The van der Waals surface area contributed by atoms with E-state index in [1.807, 2.05) is 37.3 Å². The average Bonchev–Trinajstić information content (AvgIpc) is 2.89. The number of ether oxygens (including phenoxy) is 1.